The molecular weight excluding hydrogens is 376 g/mol. The highest BCUT2D eigenvalue weighted by Crippen LogP contribution is 2.37. The van der Waals surface area contributed by atoms with Gasteiger partial charge in [-0.25, -0.2) is 4.98 Å². The molecule has 7 nitrogen and oxygen atoms in total. The van der Waals surface area contributed by atoms with E-state index in [1.807, 2.05) is 23.6 Å². The van der Waals surface area contributed by atoms with Crippen molar-refractivity contribution < 1.29 is 5.11 Å². The van der Waals surface area contributed by atoms with Crippen LogP contribution in [0.1, 0.15) is 18.4 Å². The predicted molar refractivity (Wildman–Crippen MR) is 109 cm³/mol. The molecule has 0 radical (unpaired) electrons. The lowest BCUT2D eigenvalue weighted by molar-refractivity contribution is 0.208. The minimum atomic E-state index is 0.0859. The third kappa shape index (κ3) is 2.72. The van der Waals surface area contributed by atoms with Gasteiger partial charge in [-0.3, -0.25) is 4.40 Å². The summed E-state index contributed by atoms with van der Waals surface area (Å²) in [6.07, 6.45) is 6.04. The van der Waals surface area contributed by atoms with Crippen molar-refractivity contribution in [2.45, 2.75) is 25.8 Å². The number of phenols is 1. The van der Waals surface area contributed by atoms with E-state index in [0.29, 0.717) is 28.4 Å². The Balaban J connectivity index is 1.60. The van der Waals surface area contributed by atoms with Crippen molar-refractivity contribution in [3.05, 3.63) is 35.1 Å². The zero-order valence-corrected chi connectivity index (χ0v) is 16.8. The van der Waals surface area contributed by atoms with E-state index in [4.69, 9.17) is 11.6 Å². The number of hydrogen-bond acceptors (Lipinski definition) is 6. The molecule has 2 aliphatic rings. The van der Waals surface area contributed by atoms with Crippen LogP contribution >= 0.6 is 11.6 Å². The molecule has 146 valence electrons. The Morgan fingerprint density at radius 2 is 2.00 bits per heavy atom. The highest BCUT2D eigenvalue weighted by Gasteiger charge is 2.39. The lowest BCUT2D eigenvalue weighted by Gasteiger charge is -2.36. The lowest BCUT2D eigenvalue weighted by Crippen LogP contribution is -2.47. The molecule has 1 N–H and O–H groups in total. The number of fused-ring (bicyclic) bond motifs is 2. The topological polar surface area (TPSA) is 69.8 Å². The second-order valence-electron chi connectivity index (χ2n) is 7.95. The van der Waals surface area contributed by atoms with Gasteiger partial charge in [0.15, 0.2) is 17.3 Å². The Bertz CT molecular complexity index is 1050. The van der Waals surface area contributed by atoms with Crippen LogP contribution in [0.25, 0.3) is 17.0 Å². The summed E-state index contributed by atoms with van der Waals surface area (Å²) in [5.41, 5.74) is 2.24. The average Bonchev–Trinajstić information content (AvgIpc) is 3.31. The number of nitrogens with zero attached hydrogens (tertiary/aromatic N) is 6. The third-order valence-corrected chi connectivity index (χ3v) is 6.57. The SMILES string of the molecule is Cc1cc(-c2nnc(N3CCC4CCN(C)CC43)c3nccn23)c(O)cc1Cl. The number of aromatic nitrogens is 4. The molecule has 0 amide bonds. The van der Waals surface area contributed by atoms with Crippen molar-refractivity contribution in [1.29, 1.82) is 0 Å². The van der Waals surface area contributed by atoms with Gasteiger partial charge in [0.25, 0.3) is 0 Å². The first-order valence-electron chi connectivity index (χ1n) is 9.67. The molecule has 2 aromatic heterocycles. The average molecular weight is 399 g/mol. The molecule has 2 fully saturated rings. The Kier molecular flexibility index (Phi) is 4.17. The van der Waals surface area contributed by atoms with Gasteiger partial charge in [0, 0.05) is 36.5 Å². The van der Waals surface area contributed by atoms with Crippen LogP contribution in [0.5, 0.6) is 5.75 Å². The van der Waals surface area contributed by atoms with E-state index in [9.17, 15) is 5.11 Å². The number of aromatic hydroxyl groups is 1. The van der Waals surface area contributed by atoms with Crippen molar-refractivity contribution in [2.75, 3.05) is 31.6 Å². The summed E-state index contributed by atoms with van der Waals surface area (Å²) in [6, 6.07) is 3.83. The molecule has 2 unspecified atom stereocenters. The van der Waals surface area contributed by atoms with Crippen LogP contribution in [-0.2, 0) is 0 Å². The molecule has 0 aliphatic carbocycles. The van der Waals surface area contributed by atoms with Gasteiger partial charge in [0.05, 0.1) is 5.56 Å². The number of aryl methyl sites for hydroxylation is 1. The summed E-state index contributed by atoms with van der Waals surface area (Å²) in [7, 11) is 2.18. The van der Waals surface area contributed by atoms with E-state index in [-0.39, 0.29) is 5.75 Å². The number of likely N-dealkylation sites (N-methyl/N-ethyl adjacent to an activating group) is 1. The van der Waals surface area contributed by atoms with Gasteiger partial charge < -0.3 is 14.9 Å². The summed E-state index contributed by atoms with van der Waals surface area (Å²) >= 11 is 6.13. The lowest BCUT2D eigenvalue weighted by atomic mass is 9.92. The molecule has 28 heavy (non-hydrogen) atoms. The van der Waals surface area contributed by atoms with Crippen molar-refractivity contribution in [1.82, 2.24) is 24.5 Å². The number of imidazole rings is 1. The van der Waals surface area contributed by atoms with Crippen LogP contribution in [-0.4, -0.2) is 62.3 Å². The van der Waals surface area contributed by atoms with Crippen molar-refractivity contribution in [3.63, 3.8) is 0 Å². The second-order valence-corrected chi connectivity index (χ2v) is 8.35. The van der Waals surface area contributed by atoms with Crippen molar-refractivity contribution in [3.8, 4) is 17.1 Å². The maximum absolute atomic E-state index is 10.4. The maximum Gasteiger partial charge on any atom is 0.195 e. The number of rotatable bonds is 2. The zero-order chi connectivity index (χ0) is 19.4. The smallest absolute Gasteiger partial charge is 0.195 e. The Morgan fingerprint density at radius 3 is 2.86 bits per heavy atom. The highest BCUT2D eigenvalue weighted by molar-refractivity contribution is 6.31. The largest absolute Gasteiger partial charge is 0.507 e. The molecule has 0 bridgehead atoms. The van der Waals surface area contributed by atoms with Gasteiger partial charge in [-0.15, -0.1) is 10.2 Å². The maximum atomic E-state index is 10.4. The van der Waals surface area contributed by atoms with E-state index >= 15 is 0 Å². The number of halogens is 1. The second kappa shape index (κ2) is 6.60. The van der Waals surface area contributed by atoms with Gasteiger partial charge in [-0.1, -0.05) is 11.6 Å². The summed E-state index contributed by atoms with van der Waals surface area (Å²) in [5, 5.41) is 20.0. The van der Waals surface area contributed by atoms with E-state index in [2.05, 4.69) is 32.0 Å². The van der Waals surface area contributed by atoms with Gasteiger partial charge in [0.2, 0.25) is 0 Å². The number of piperidine rings is 1. The number of hydrogen-bond donors (Lipinski definition) is 1. The summed E-state index contributed by atoms with van der Waals surface area (Å²) in [6.45, 7) is 5.08. The van der Waals surface area contributed by atoms with Crippen LogP contribution in [0, 0.1) is 12.8 Å². The number of phenolic OH excluding ortho intramolecular Hbond substituents is 1. The van der Waals surface area contributed by atoms with Crippen LogP contribution in [0.4, 0.5) is 5.82 Å². The summed E-state index contributed by atoms with van der Waals surface area (Å²) in [5.74, 6) is 2.17. The standard InChI is InChI=1S/C20H23ClN6O/c1-12-9-14(17(28)10-15(12)21)18-23-24-20(19-22-5-8-27(18)19)26-7-4-13-3-6-25(2)11-16(13)26/h5,8-10,13,16,28H,3-4,6-7,11H2,1-2H3. The molecular formula is C20H23ClN6O. The van der Waals surface area contributed by atoms with Crippen LogP contribution in [0.3, 0.4) is 0 Å². The number of benzene rings is 1. The van der Waals surface area contributed by atoms with Gasteiger partial charge >= 0.3 is 0 Å². The molecule has 4 heterocycles. The first-order chi connectivity index (χ1) is 13.5. The number of likely N-dealkylation sites (tertiary alicyclic amines) is 1. The van der Waals surface area contributed by atoms with Crippen LogP contribution in [0.15, 0.2) is 24.5 Å². The quantitative estimate of drug-likeness (QED) is 0.715. The number of anilines is 1. The van der Waals surface area contributed by atoms with Gasteiger partial charge in [-0.2, -0.15) is 0 Å². The molecule has 3 aromatic rings. The summed E-state index contributed by atoms with van der Waals surface area (Å²) in [4.78, 5) is 9.33. The highest BCUT2D eigenvalue weighted by atomic mass is 35.5. The first-order valence-corrected chi connectivity index (χ1v) is 10.0. The first kappa shape index (κ1) is 17.7. The van der Waals surface area contributed by atoms with Crippen molar-refractivity contribution >= 4 is 23.1 Å². The van der Waals surface area contributed by atoms with E-state index in [1.54, 1.807) is 12.3 Å². The molecule has 2 atom stereocenters. The van der Waals surface area contributed by atoms with Gasteiger partial charge in [-0.05, 0) is 57.0 Å². The third-order valence-electron chi connectivity index (χ3n) is 6.16. The molecule has 5 rings (SSSR count). The summed E-state index contributed by atoms with van der Waals surface area (Å²) < 4.78 is 1.91. The molecule has 1 aromatic carbocycles. The van der Waals surface area contributed by atoms with E-state index < -0.39 is 0 Å². The fourth-order valence-electron chi connectivity index (χ4n) is 4.61. The predicted octanol–water partition coefficient (Wildman–Crippen LogP) is 2.99. The molecule has 2 aliphatic heterocycles. The minimum Gasteiger partial charge on any atom is -0.507 e. The van der Waals surface area contributed by atoms with E-state index in [1.165, 1.54) is 12.8 Å². The van der Waals surface area contributed by atoms with Crippen LogP contribution in [0.2, 0.25) is 5.02 Å². The van der Waals surface area contributed by atoms with Gasteiger partial charge in [0.1, 0.15) is 5.75 Å². The minimum absolute atomic E-state index is 0.0859. The molecule has 2 saturated heterocycles. The van der Waals surface area contributed by atoms with E-state index in [0.717, 1.165) is 36.7 Å². The van der Waals surface area contributed by atoms with Crippen LogP contribution < -0.4 is 4.90 Å². The monoisotopic (exact) mass is 398 g/mol. The zero-order valence-electron chi connectivity index (χ0n) is 16.0. The molecule has 0 spiro atoms. The Hall–Kier alpha value is -2.38. The Morgan fingerprint density at radius 1 is 1.18 bits per heavy atom. The van der Waals surface area contributed by atoms with Crippen molar-refractivity contribution in [2.24, 2.45) is 5.92 Å². The fraction of sp³-hybridized carbons (Fsp3) is 0.450. The molecule has 8 heteroatoms. The normalized spacial score (nSPS) is 22.8. The molecule has 0 saturated carbocycles. The fourth-order valence-corrected chi connectivity index (χ4v) is 4.77. The Labute approximate surface area is 168 Å².